The number of hydrogen-bond donors (Lipinski definition) is 0. The Morgan fingerprint density at radius 3 is 2.57 bits per heavy atom. The van der Waals surface area contributed by atoms with Gasteiger partial charge in [0.2, 0.25) is 0 Å². The number of ether oxygens (including phenoxy) is 1. The summed E-state index contributed by atoms with van der Waals surface area (Å²) in [6, 6.07) is 17.9. The standard InChI is InChI=1S/C20H21NO2/c1-2-20(22)18-15-21(19-12-7-6-11-17(18)19)13-8-14-23-16-9-4-3-5-10-16/h3-7,9-12,15H,2,8,13-14H2,1H3. The summed E-state index contributed by atoms with van der Waals surface area (Å²) in [7, 11) is 0. The zero-order chi connectivity index (χ0) is 16.1. The number of ketones is 1. The molecule has 0 saturated carbocycles. The highest BCUT2D eigenvalue weighted by molar-refractivity contribution is 6.07. The van der Waals surface area contributed by atoms with Gasteiger partial charge in [0, 0.05) is 35.6 Å². The molecule has 0 amide bonds. The Hall–Kier alpha value is -2.55. The first-order valence-electron chi connectivity index (χ1n) is 8.08. The van der Waals surface area contributed by atoms with E-state index >= 15 is 0 Å². The molecule has 23 heavy (non-hydrogen) atoms. The first-order valence-corrected chi connectivity index (χ1v) is 8.08. The number of carbonyl (C=O) groups excluding carboxylic acids is 1. The molecule has 1 heterocycles. The van der Waals surface area contributed by atoms with Gasteiger partial charge in [0.05, 0.1) is 6.61 Å². The van der Waals surface area contributed by atoms with E-state index in [0.29, 0.717) is 13.0 Å². The van der Waals surface area contributed by atoms with Crippen LogP contribution in [0.3, 0.4) is 0 Å². The summed E-state index contributed by atoms with van der Waals surface area (Å²) >= 11 is 0. The lowest BCUT2D eigenvalue weighted by Gasteiger charge is -2.07. The van der Waals surface area contributed by atoms with Crippen LogP contribution >= 0.6 is 0 Å². The molecule has 0 fully saturated rings. The van der Waals surface area contributed by atoms with Crippen molar-refractivity contribution >= 4 is 16.7 Å². The van der Waals surface area contributed by atoms with Gasteiger partial charge in [-0.15, -0.1) is 0 Å². The molecule has 3 nitrogen and oxygen atoms in total. The molecular weight excluding hydrogens is 286 g/mol. The summed E-state index contributed by atoms with van der Waals surface area (Å²) in [6.07, 6.45) is 3.41. The van der Waals surface area contributed by atoms with Crippen molar-refractivity contribution in [1.82, 2.24) is 4.57 Å². The minimum Gasteiger partial charge on any atom is -0.494 e. The molecule has 0 N–H and O–H groups in total. The SMILES string of the molecule is CCC(=O)c1cn(CCCOc2ccccc2)c2ccccc12. The summed E-state index contributed by atoms with van der Waals surface area (Å²) in [5, 5.41) is 1.04. The highest BCUT2D eigenvalue weighted by Gasteiger charge is 2.12. The number of aryl methyl sites for hydroxylation is 1. The summed E-state index contributed by atoms with van der Waals surface area (Å²) in [5.74, 6) is 1.09. The Balaban J connectivity index is 1.69. The Kier molecular flexibility index (Phi) is 4.77. The monoisotopic (exact) mass is 307 g/mol. The highest BCUT2D eigenvalue weighted by Crippen LogP contribution is 2.23. The fraction of sp³-hybridized carbons (Fsp3) is 0.250. The van der Waals surface area contributed by atoms with E-state index in [0.717, 1.165) is 35.2 Å². The minimum absolute atomic E-state index is 0.195. The van der Waals surface area contributed by atoms with E-state index in [1.165, 1.54) is 0 Å². The summed E-state index contributed by atoms with van der Waals surface area (Å²) in [4.78, 5) is 12.1. The van der Waals surface area contributed by atoms with Crippen LogP contribution in [0.4, 0.5) is 0 Å². The van der Waals surface area contributed by atoms with Crippen LogP contribution in [0, 0.1) is 0 Å². The van der Waals surface area contributed by atoms with Crippen LogP contribution in [0.15, 0.2) is 60.8 Å². The van der Waals surface area contributed by atoms with Crippen LogP contribution < -0.4 is 4.74 Å². The number of Topliss-reactive ketones (excluding diaryl/α,β-unsaturated/α-hetero) is 1. The summed E-state index contributed by atoms with van der Waals surface area (Å²) in [6.45, 7) is 3.40. The molecule has 0 aliphatic heterocycles. The molecule has 118 valence electrons. The van der Waals surface area contributed by atoms with Crippen LogP contribution in [-0.4, -0.2) is 17.0 Å². The quantitative estimate of drug-likeness (QED) is 0.468. The lowest BCUT2D eigenvalue weighted by molar-refractivity contribution is 0.0989. The van der Waals surface area contributed by atoms with Crippen LogP contribution in [-0.2, 0) is 6.54 Å². The molecule has 0 aliphatic rings. The van der Waals surface area contributed by atoms with E-state index in [9.17, 15) is 4.79 Å². The number of rotatable bonds is 7. The Bertz CT molecular complexity index is 790. The van der Waals surface area contributed by atoms with Gasteiger partial charge >= 0.3 is 0 Å². The maximum Gasteiger partial charge on any atom is 0.164 e. The molecule has 3 heteroatoms. The molecular formula is C20H21NO2. The van der Waals surface area contributed by atoms with Gasteiger partial charge in [0.25, 0.3) is 0 Å². The van der Waals surface area contributed by atoms with Gasteiger partial charge in [-0.05, 0) is 24.6 Å². The smallest absolute Gasteiger partial charge is 0.164 e. The normalized spacial score (nSPS) is 10.8. The van der Waals surface area contributed by atoms with Crippen molar-refractivity contribution in [2.75, 3.05) is 6.61 Å². The first kappa shape index (κ1) is 15.3. The van der Waals surface area contributed by atoms with Gasteiger partial charge in [-0.1, -0.05) is 43.3 Å². The Morgan fingerprint density at radius 1 is 1.04 bits per heavy atom. The van der Waals surface area contributed by atoms with E-state index in [1.807, 2.05) is 61.7 Å². The molecule has 0 saturated heterocycles. The van der Waals surface area contributed by atoms with Crippen LogP contribution in [0.1, 0.15) is 30.1 Å². The van der Waals surface area contributed by atoms with Gasteiger partial charge < -0.3 is 9.30 Å². The van der Waals surface area contributed by atoms with Crippen molar-refractivity contribution in [3.8, 4) is 5.75 Å². The predicted octanol–water partition coefficient (Wildman–Crippen LogP) is 4.70. The van der Waals surface area contributed by atoms with E-state index < -0.39 is 0 Å². The van der Waals surface area contributed by atoms with Crippen molar-refractivity contribution in [3.05, 3.63) is 66.4 Å². The van der Waals surface area contributed by atoms with Crippen molar-refractivity contribution in [1.29, 1.82) is 0 Å². The third-order valence-electron chi connectivity index (χ3n) is 3.97. The van der Waals surface area contributed by atoms with E-state index in [-0.39, 0.29) is 5.78 Å². The predicted molar refractivity (Wildman–Crippen MR) is 93.1 cm³/mol. The number of benzene rings is 2. The molecule has 0 aliphatic carbocycles. The lowest BCUT2D eigenvalue weighted by Crippen LogP contribution is -2.04. The molecule has 2 aromatic carbocycles. The molecule has 3 rings (SSSR count). The molecule has 0 atom stereocenters. The Labute approximate surface area is 136 Å². The largest absolute Gasteiger partial charge is 0.494 e. The average Bonchev–Trinajstić information content (AvgIpc) is 2.98. The minimum atomic E-state index is 0.195. The van der Waals surface area contributed by atoms with Crippen LogP contribution in [0.5, 0.6) is 5.75 Å². The first-order chi connectivity index (χ1) is 11.3. The van der Waals surface area contributed by atoms with E-state index in [4.69, 9.17) is 4.74 Å². The zero-order valence-electron chi connectivity index (χ0n) is 13.4. The molecule has 0 spiro atoms. The molecule has 3 aromatic rings. The number of nitrogens with zero attached hydrogens (tertiary/aromatic N) is 1. The zero-order valence-corrected chi connectivity index (χ0v) is 13.4. The number of carbonyl (C=O) groups is 1. The second kappa shape index (κ2) is 7.14. The Morgan fingerprint density at radius 2 is 1.78 bits per heavy atom. The third-order valence-corrected chi connectivity index (χ3v) is 3.97. The van der Waals surface area contributed by atoms with Crippen LogP contribution in [0.25, 0.3) is 10.9 Å². The number of fused-ring (bicyclic) bond motifs is 1. The lowest BCUT2D eigenvalue weighted by atomic mass is 10.1. The second-order valence-corrected chi connectivity index (χ2v) is 5.55. The van der Waals surface area contributed by atoms with Gasteiger partial charge in [0.15, 0.2) is 5.78 Å². The van der Waals surface area contributed by atoms with Crippen molar-refractivity contribution in [2.45, 2.75) is 26.3 Å². The van der Waals surface area contributed by atoms with E-state index in [2.05, 4.69) is 10.6 Å². The van der Waals surface area contributed by atoms with Gasteiger partial charge in [-0.25, -0.2) is 0 Å². The highest BCUT2D eigenvalue weighted by atomic mass is 16.5. The number of para-hydroxylation sites is 2. The van der Waals surface area contributed by atoms with Crippen molar-refractivity contribution < 1.29 is 9.53 Å². The van der Waals surface area contributed by atoms with Gasteiger partial charge in [-0.2, -0.15) is 0 Å². The maximum atomic E-state index is 12.1. The molecule has 0 radical (unpaired) electrons. The van der Waals surface area contributed by atoms with Gasteiger partial charge in [0.1, 0.15) is 5.75 Å². The van der Waals surface area contributed by atoms with Gasteiger partial charge in [-0.3, -0.25) is 4.79 Å². The van der Waals surface area contributed by atoms with Crippen LogP contribution in [0.2, 0.25) is 0 Å². The second-order valence-electron chi connectivity index (χ2n) is 5.55. The maximum absolute atomic E-state index is 12.1. The fourth-order valence-corrected chi connectivity index (χ4v) is 2.79. The number of aromatic nitrogens is 1. The summed E-state index contributed by atoms with van der Waals surface area (Å²) in [5.41, 5.74) is 1.94. The number of hydrogen-bond acceptors (Lipinski definition) is 2. The van der Waals surface area contributed by atoms with E-state index in [1.54, 1.807) is 0 Å². The topological polar surface area (TPSA) is 31.2 Å². The molecule has 1 aromatic heterocycles. The summed E-state index contributed by atoms with van der Waals surface area (Å²) < 4.78 is 7.89. The van der Waals surface area contributed by atoms with Crippen molar-refractivity contribution in [3.63, 3.8) is 0 Å². The average molecular weight is 307 g/mol. The fourth-order valence-electron chi connectivity index (χ4n) is 2.79. The van der Waals surface area contributed by atoms with Crippen molar-refractivity contribution in [2.24, 2.45) is 0 Å². The molecule has 0 bridgehead atoms. The molecule has 0 unspecified atom stereocenters. The third kappa shape index (κ3) is 3.45.